The number of aliphatic hydroxyl groups is 1. The number of amides is 1. The number of rotatable bonds is 2. The van der Waals surface area contributed by atoms with Crippen LogP contribution >= 0.6 is 15.9 Å². The SMILES string of the molecule is O=C(c1ccc(Br)nc1)N1CCC[C@@H]1CO. The van der Waals surface area contributed by atoms with Crippen LogP contribution in [0.2, 0.25) is 0 Å². The predicted octanol–water partition coefficient (Wildman–Crippen LogP) is 1.44. The summed E-state index contributed by atoms with van der Waals surface area (Å²) in [6.07, 6.45) is 3.40. The van der Waals surface area contributed by atoms with Crippen molar-refractivity contribution in [2.24, 2.45) is 0 Å². The van der Waals surface area contributed by atoms with E-state index in [0.717, 1.165) is 19.4 Å². The van der Waals surface area contributed by atoms with E-state index < -0.39 is 0 Å². The molecule has 1 amide bonds. The molecule has 2 heterocycles. The third-order valence-electron chi connectivity index (χ3n) is 2.82. The molecule has 0 spiro atoms. The summed E-state index contributed by atoms with van der Waals surface area (Å²) in [6, 6.07) is 3.46. The zero-order valence-electron chi connectivity index (χ0n) is 8.77. The summed E-state index contributed by atoms with van der Waals surface area (Å²) in [4.78, 5) is 17.8. The molecule has 1 aliphatic heterocycles. The van der Waals surface area contributed by atoms with E-state index in [0.29, 0.717) is 10.2 Å². The van der Waals surface area contributed by atoms with Crippen LogP contribution in [0.15, 0.2) is 22.9 Å². The number of pyridine rings is 1. The maximum atomic E-state index is 12.1. The van der Waals surface area contributed by atoms with Gasteiger partial charge in [-0.3, -0.25) is 4.79 Å². The van der Waals surface area contributed by atoms with Crippen LogP contribution in [-0.4, -0.2) is 40.1 Å². The molecule has 0 aromatic carbocycles. The number of carbonyl (C=O) groups is 1. The average molecular weight is 285 g/mol. The molecule has 0 saturated carbocycles. The van der Waals surface area contributed by atoms with Crippen LogP contribution in [0.3, 0.4) is 0 Å². The average Bonchev–Trinajstić information content (AvgIpc) is 2.77. The molecule has 1 aromatic rings. The molecule has 16 heavy (non-hydrogen) atoms. The van der Waals surface area contributed by atoms with E-state index in [9.17, 15) is 4.79 Å². The fourth-order valence-electron chi connectivity index (χ4n) is 1.96. The molecule has 86 valence electrons. The Bertz CT molecular complexity index is 380. The van der Waals surface area contributed by atoms with Crippen LogP contribution in [0.4, 0.5) is 0 Å². The van der Waals surface area contributed by atoms with Gasteiger partial charge in [0.25, 0.3) is 5.91 Å². The number of hydrogen-bond acceptors (Lipinski definition) is 3. The second-order valence-corrected chi connectivity index (χ2v) is 4.66. The molecule has 5 heteroatoms. The van der Waals surface area contributed by atoms with Gasteiger partial charge in [0.2, 0.25) is 0 Å². The highest BCUT2D eigenvalue weighted by Crippen LogP contribution is 2.19. The van der Waals surface area contributed by atoms with Crippen molar-refractivity contribution in [1.82, 2.24) is 9.88 Å². The first-order valence-corrected chi connectivity index (χ1v) is 6.05. The maximum absolute atomic E-state index is 12.1. The molecule has 2 rings (SSSR count). The molecular formula is C11H13BrN2O2. The van der Waals surface area contributed by atoms with Crippen LogP contribution in [0.25, 0.3) is 0 Å². The highest BCUT2D eigenvalue weighted by Gasteiger charge is 2.28. The zero-order valence-corrected chi connectivity index (χ0v) is 10.4. The normalized spacial score (nSPS) is 20.1. The van der Waals surface area contributed by atoms with Crippen molar-refractivity contribution in [1.29, 1.82) is 0 Å². The van der Waals surface area contributed by atoms with Gasteiger partial charge in [-0.15, -0.1) is 0 Å². The number of halogens is 1. The predicted molar refractivity (Wildman–Crippen MR) is 63.1 cm³/mol. The van der Waals surface area contributed by atoms with E-state index >= 15 is 0 Å². The quantitative estimate of drug-likeness (QED) is 0.837. The van der Waals surface area contributed by atoms with Crippen LogP contribution in [0, 0.1) is 0 Å². The first-order valence-electron chi connectivity index (χ1n) is 5.26. The number of aromatic nitrogens is 1. The van der Waals surface area contributed by atoms with E-state index in [-0.39, 0.29) is 18.6 Å². The summed E-state index contributed by atoms with van der Waals surface area (Å²) < 4.78 is 0.712. The van der Waals surface area contributed by atoms with Crippen molar-refractivity contribution in [3.8, 4) is 0 Å². The minimum absolute atomic E-state index is 0.0313. The number of aliphatic hydroxyl groups excluding tert-OH is 1. The van der Waals surface area contributed by atoms with E-state index in [1.807, 2.05) is 0 Å². The summed E-state index contributed by atoms with van der Waals surface area (Å²) in [7, 11) is 0. The van der Waals surface area contributed by atoms with Crippen molar-refractivity contribution in [2.45, 2.75) is 18.9 Å². The maximum Gasteiger partial charge on any atom is 0.255 e. The Morgan fingerprint density at radius 3 is 3.06 bits per heavy atom. The fourth-order valence-corrected chi connectivity index (χ4v) is 2.20. The van der Waals surface area contributed by atoms with Gasteiger partial charge in [-0.25, -0.2) is 4.98 Å². The van der Waals surface area contributed by atoms with Crippen molar-refractivity contribution in [3.05, 3.63) is 28.5 Å². The van der Waals surface area contributed by atoms with Crippen LogP contribution in [0.1, 0.15) is 23.2 Å². The third-order valence-corrected chi connectivity index (χ3v) is 3.29. The Morgan fingerprint density at radius 1 is 1.62 bits per heavy atom. The molecule has 1 atom stereocenters. The van der Waals surface area contributed by atoms with E-state index in [1.54, 1.807) is 23.2 Å². The molecule has 1 fully saturated rings. The largest absolute Gasteiger partial charge is 0.394 e. The molecule has 1 aromatic heterocycles. The van der Waals surface area contributed by atoms with Gasteiger partial charge in [0.1, 0.15) is 4.60 Å². The Morgan fingerprint density at radius 2 is 2.44 bits per heavy atom. The molecule has 0 aliphatic carbocycles. The lowest BCUT2D eigenvalue weighted by molar-refractivity contribution is 0.0677. The van der Waals surface area contributed by atoms with Gasteiger partial charge in [-0.2, -0.15) is 0 Å². The second-order valence-electron chi connectivity index (χ2n) is 3.85. The molecule has 0 bridgehead atoms. The number of nitrogens with zero attached hydrogens (tertiary/aromatic N) is 2. The third kappa shape index (κ3) is 2.25. The van der Waals surface area contributed by atoms with Crippen LogP contribution in [0.5, 0.6) is 0 Å². The van der Waals surface area contributed by atoms with Crippen molar-refractivity contribution >= 4 is 21.8 Å². The molecule has 1 saturated heterocycles. The minimum atomic E-state index is -0.0449. The van der Waals surface area contributed by atoms with Crippen LogP contribution < -0.4 is 0 Å². The summed E-state index contributed by atoms with van der Waals surface area (Å²) in [5, 5.41) is 9.16. The first-order chi connectivity index (χ1) is 7.72. The Labute approximate surface area is 102 Å². The lowest BCUT2D eigenvalue weighted by Gasteiger charge is -2.22. The van der Waals surface area contributed by atoms with Gasteiger partial charge < -0.3 is 10.0 Å². The minimum Gasteiger partial charge on any atom is -0.394 e. The van der Waals surface area contributed by atoms with Crippen molar-refractivity contribution < 1.29 is 9.90 Å². The van der Waals surface area contributed by atoms with Gasteiger partial charge >= 0.3 is 0 Å². The summed E-state index contributed by atoms with van der Waals surface area (Å²) >= 11 is 3.23. The number of likely N-dealkylation sites (tertiary alicyclic amines) is 1. The van der Waals surface area contributed by atoms with Crippen molar-refractivity contribution in [3.63, 3.8) is 0 Å². The number of carbonyl (C=O) groups excluding carboxylic acids is 1. The van der Waals surface area contributed by atoms with Gasteiger partial charge in [0, 0.05) is 12.7 Å². The summed E-state index contributed by atoms with van der Waals surface area (Å²) in [5.41, 5.74) is 0.573. The fraction of sp³-hybridized carbons (Fsp3) is 0.455. The molecule has 4 nitrogen and oxygen atoms in total. The van der Waals surface area contributed by atoms with Crippen LogP contribution in [-0.2, 0) is 0 Å². The lowest BCUT2D eigenvalue weighted by atomic mass is 10.2. The van der Waals surface area contributed by atoms with E-state index in [1.165, 1.54) is 0 Å². The lowest BCUT2D eigenvalue weighted by Crippen LogP contribution is -2.37. The van der Waals surface area contributed by atoms with Crippen molar-refractivity contribution in [2.75, 3.05) is 13.2 Å². The highest BCUT2D eigenvalue weighted by molar-refractivity contribution is 9.10. The van der Waals surface area contributed by atoms with Gasteiger partial charge in [-0.1, -0.05) is 0 Å². The first kappa shape index (κ1) is 11.5. The van der Waals surface area contributed by atoms with Gasteiger partial charge in [-0.05, 0) is 40.9 Å². The van der Waals surface area contributed by atoms with E-state index in [2.05, 4.69) is 20.9 Å². The molecular weight excluding hydrogens is 272 g/mol. The molecule has 0 radical (unpaired) electrons. The molecule has 0 unspecified atom stereocenters. The monoisotopic (exact) mass is 284 g/mol. The smallest absolute Gasteiger partial charge is 0.255 e. The Balaban J connectivity index is 2.15. The number of hydrogen-bond donors (Lipinski definition) is 1. The second kappa shape index (κ2) is 4.93. The Kier molecular flexibility index (Phi) is 3.56. The van der Waals surface area contributed by atoms with Gasteiger partial charge in [0.15, 0.2) is 0 Å². The molecule has 1 aliphatic rings. The topological polar surface area (TPSA) is 53.4 Å². The molecule has 1 N–H and O–H groups in total. The zero-order chi connectivity index (χ0) is 11.5. The standard InChI is InChI=1S/C11H13BrN2O2/c12-10-4-3-8(6-13-10)11(16)14-5-1-2-9(14)7-15/h3-4,6,9,15H,1-2,5,7H2/t9-/m1/s1. The van der Waals surface area contributed by atoms with Gasteiger partial charge in [0.05, 0.1) is 18.2 Å². The van der Waals surface area contributed by atoms with E-state index in [4.69, 9.17) is 5.11 Å². The summed E-state index contributed by atoms with van der Waals surface area (Å²) in [6.45, 7) is 0.760. The Hall–Kier alpha value is -0.940. The highest BCUT2D eigenvalue weighted by atomic mass is 79.9. The summed E-state index contributed by atoms with van der Waals surface area (Å²) in [5.74, 6) is -0.0449.